The van der Waals surface area contributed by atoms with E-state index < -0.39 is 0 Å². The summed E-state index contributed by atoms with van der Waals surface area (Å²) >= 11 is 0. The Hall–Kier alpha value is -0.0800. The predicted octanol–water partition coefficient (Wildman–Crippen LogP) is 3.81. The Bertz CT molecular complexity index is 380. The first-order chi connectivity index (χ1) is 9.99. The van der Waals surface area contributed by atoms with Crippen LogP contribution in [0.2, 0.25) is 0 Å². The van der Waals surface area contributed by atoms with Gasteiger partial charge in [0.2, 0.25) is 0 Å². The summed E-state index contributed by atoms with van der Waals surface area (Å²) in [6, 6.07) is 0. The molecule has 0 aromatic carbocycles. The lowest BCUT2D eigenvalue weighted by Gasteiger charge is -2.65. The second-order valence-electron chi connectivity index (χ2n) is 9.74. The Kier molecular flexibility index (Phi) is 3.43. The van der Waals surface area contributed by atoms with Crippen LogP contribution in [0.1, 0.15) is 71.6 Å². The summed E-state index contributed by atoms with van der Waals surface area (Å²) in [5, 5.41) is 4.07. The van der Waals surface area contributed by atoms with Crippen molar-refractivity contribution in [3.05, 3.63) is 0 Å². The van der Waals surface area contributed by atoms with Crippen LogP contribution >= 0.6 is 0 Å². The minimum absolute atomic E-state index is 0.508. The van der Waals surface area contributed by atoms with Gasteiger partial charge in [-0.05, 0) is 101 Å². The Morgan fingerprint density at radius 3 is 2.24 bits per heavy atom. The van der Waals surface area contributed by atoms with Crippen molar-refractivity contribution in [1.29, 1.82) is 0 Å². The highest BCUT2D eigenvalue weighted by molar-refractivity contribution is 5.14. The zero-order chi connectivity index (χ0) is 14.6. The maximum atomic E-state index is 4.07. The van der Waals surface area contributed by atoms with E-state index in [9.17, 15) is 0 Å². The van der Waals surface area contributed by atoms with Crippen molar-refractivity contribution in [2.75, 3.05) is 26.2 Å². The fourth-order valence-electron chi connectivity index (χ4n) is 7.31. The largest absolute Gasteiger partial charge is 0.311 e. The molecule has 0 spiro atoms. The molecule has 5 aliphatic rings. The summed E-state index contributed by atoms with van der Waals surface area (Å²) in [7, 11) is 0. The van der Waals surface area contributed by atoms with Gasteiger partial charge in [0.15, 0.2) is 0 Å². The van der Waals surface area contributed by atoms with Crippen LogP contribution in [-0.2, 0) is 0 Å². The lowest BCUT2D eigenvalue weighted by atomic mass is 9.43. The molecule has 2 unspecified atom stereocenters. The molecule has 2 heteroatoms. The first-order valence-electron chi connectivity index (χ1n) is 9.46. The average Bonchev–Trinajstić information content (AvgIpc) is 2.83. The minimum Gasteiger partial charge on any atom is -0.311 e. The van der Waals surface area contributed by atoms with Crippen LogP contribution in [-0.4, -0.2) is 36.6 Å². The van der Waals surface area contributed by atoms with Gasteiger partial charge in [-0.15, -0.1) is 0 Å². The maximum absolute atomic E-state index is 4.07. The van der Waals surface area contributed by atoms with Gasteiger partial charge in [0.05, 0.1) is 0 Å². The molecule has 1 aliphatic heterocycles. The number of nitrogens with one attached hydrogen (secondary N) is 1. The van der Waals surface area contributed by atoms with E-state index in [2.05, 4.69) is 24.1 Å². The maximum Gasteiger partial charge on any atom is 0.0194 e. The predicted molar refractivity (Wildman–Crippen MR) is 88.4 cm³/mol. The molecule has 120 valence electrons. The van der Waals surface area contributed by atoms with E-state index >= 15 is 0 Å². The third kappa shape index (κ3) is 2.79. The van der Waals surface area contributed by atoms with Crippen LogP contribution in [0.25, 0.3) is 0 Å². The Labute approximate surface area is 131 Å². The summed E-state index contributed by atoms with van der Waals surface area (Å²) < 4.78 is 0. The molecule has 2 nitrogen and oxygen atoms in total. The monoisotopic (exact) mass is 290 g/mol. The van der Waals surface area contributed by atoms with Gasteiger partial charge in [0.1, 0.15) is 0 Å². The molecular weight excluding hydrogens is 256 g/mol. The topological polar surface area (TPSA) is 15.3 Å². The molecule has 0 radical (unpaired) electrons. The van der Waals surface area contributed by atoms with Gasteiger partial charge in [-0.1, -0.05) is 13.8 Å². The molecule has 21 heavy (non-hydrogen) atoms. The fraction of sp³-hybridized carbons (Fsp3) is 1.00. The molecule has 0 aromatic rings. The summed E-state index contributed by atoms with van der Waals surface area (Å²) in [6.07, 6.45) is 13.1. The smallest absolute Gasteiger partial charge is 0.0194 e. The van der Waals surface area contributed by atoms with Crippen LogP contribution in [0.4, 0.5) is 0 Å². The number of nitrogens with zero attached hydrogens (tertiary/aromatic N) is 1. The lowest BCUT2D eigenvalue weighted by Crippen LogP contribution is -2.64. The van der Waals surface area contributed by atoms with Crippen molar-refractivity contribution >= 4 is 0 Å². The van der Waals surface area contributed by atoms with Gasteiger partial charge >= 0.3 is 0 Å². The second-order valence-corrected chi connectivity index (χ2v) is 9.74. The highest BCUT2D eigenvalue weighted by Gasteiger charge is 2.59. The summed E-state index contributed by atoms with van der Waals surface area (Å²) in [6.45, 7) is 10.4. The number of rotatable bonds is 5. The Balaban J connectivity index is 1.34. The van der Waals surface area contributed by atoms with Gasteiger partial charge in [-0.2, -0.15) is 0 Å². The van der Waals surface area contributed by atoms with Crippen molar-refractivity contribution in [2.24, 2.45) is 16.7 Å². The molecule has 0 amide bonds. The molecule has 1 saturated heterocycles. The molecule has 1 heterocycles. The third-order valence-electron chi connectivity index (χ3n) is 6.98. The fourth-order valence-corrected chi connectivity index (χ4v) is 7.31. The number of hydrogen-bond acceptors (Lipinski definition) is 2. The Morgan fingerprint density at radius 2 is 1.62 bits per heavy atom. The van der Waals surface area contributed by atoms with Crippen LogP contribution in [0.3, 0.4) is 0 Å². The van der Waals surface area contributed by atoms with Crippen LogP contribution < -0.4 is 5.32 Å². The highest BCUT2D eigenvalue weighted by Crippen LogP contribution is 2.66. The molecule has 5 rings (SSSR count). The van der Waals surface area contributed by atoms with Crippen molar-refractivity contribution in [3.8, 4) is 0 Å². The van der Waals surface area contributed by atoms with Crippen molar-refractivity contribution < 1.29 is 0 Å². The normalized spacial score (nSPS) is 49.1. The first-order valence-corrected chi connectivity index (χ1v) is 9.46. The molecule has 4 saturated carbocycles. The molecule has 2 atom stereocenters. The Morgan fingerprint density at radius 1 is 0.952 bits per heavy atom. The lowest BCUT2D eigenvalue weighted by molar-refractivity contribution is -0.117. The molecule has 1 N–H and O–H groups in total. The van der Waals surface area contributed by atoms with Crippen LogP contribution in [0.5, 0.6) is 0 Å². The summed E-state index contributed by atoms with van der Waals surface area (Å²) in [5.74, 6) is 1.02. The van der Waals surface area contributed by atoms with Gasteiger partial charge < -0.3 is 10.2 Å². The third-order valence-corrected chi connectivity index (χ3v) is 6.98. The minimum atomic E-state index is 0.508. The van der Waals surface area contributed by atoms with Gasteiger partial charge in [-0.3, -0.25) is 0 Å². The van der Waals surface area contributed by atoms with E-state index in [1.165, 1.54) is 84.0 Å². The van der Waals surface area contributed by atoms with E-state index in [-0.39, 0.29) is 0 Å². The first kappa shape index (κ1) is 14.5. The van der Waals surface area contributed by atoms with Crippen LogP contribution in [0, 0.1) is 16.7 Å². The van der Waals surface area contributed by atoms with E-state index in [4.69, 9.17) is 0 Å². The molecular formula is C19H34N2. The van der Waals surface area contributed by atoms with Gasteiger partial charge in [-0.25, -0.2) is 0 Å². The van der Waals surface area contributed by atoms with Gasteiger partial charge in [0, 0.05) is 5.54 Å². The molecule has 4 bridgehead atoms. The summed E-state index contributed by atoms with van der Waals surface area (Å²) in [4.78, 5) is 2.66. The highest BCUT2D eigenvalue weighted by atomic mass is 15.1. The zero-order valence-corrected chi connectivity index (χ0v) is 14.2. The molecule has 4 aliphatic carbocycles. The number of likely N-dealkylation sites (tertiary alicyclic amines) is 1. The van der Waals surface area contributed by atoms with E-state index in [0.717, 1.165) is 5.92 Å². The standard InChI is InChI=1S/C19H34N2/c1-17-10-16-11-18(2,13-17)15-19(12-16,14-17)20-6-5-9-21-7-3-4-8-21/h16,20H,3-15H2,1-2H3. The zero-order valence-electron chi connectivity index (χ0n) is 14.2. The quantitative estimate of drug-likeness (QED) is 0.775. The van der Waals surface area contributed by atoms with E-state index in [1.807, 2.05) is 0 Å². The van der Waals surface area contributed by atoms with Crippen LogP contribution in [0.15, 0.2) is 0 Å². The number of hydrogen-bond donors (Lipinski definition) is 1. The van der Waals surface area contributed by atoms with E-state index in [1.54, 1.807) is 0 Å². The SMILES string of the molecule is CC12CC3CC(C)(C1)CC(NCCCN1CCCC1)(C3)C2. The van der Waals surface area contributed by atoms with E-state index in [0.29, 0.717) is 16.4 Å². The van der Waals surface area contributed by atoms with Crippen molar-refractivity contribution in [3.63, 3.8) is 0 Å². The average molecular weight is 290 g/mol. The second kappa shape index (κ2) is 4.96. The molecule has 5 fully saturated rings. The van der Waals surface area contributed by atoms with Crippen molar-refractivity contribution in [2.45, 2.75) is 77.2 Å². The van der Waals surface area contributed by atoms with Crippen molar-refractivity contribution in [1.82, 2.24) is 10.2 Å². The summed E-state index contributed by atoms with van der Waals surface area (Å²) in [5.41, 5.74) is 1.81. The molecule has 0 aromatic heterocycles. The van der Waals surface area contributed by atoms with Gasteiger partial charge in [0.25, 0.3) is 0 Å².